The molecule has 1 N–H and O–H groups in total. The van der Waals surface area contributed by atoms with Gasteiger partial charge in [-0.15, -0.1) is 11.6 Å². The van der Waals surface area contributed by atoms with Gasteiger partial charge in [-0.25, -0.2) is 13.1 Å². The quantitative estimate of drug-likeness (QED) is 0.546. The number of alkyl halides is 1. The number of nitrogens with one attached hydrogen (secondary N) is 1. The smallest absolute Gasteiger partial charge is 0.225 e. The molecule has 0 spiro atoms. The lowest BCUT2D eigenvalue weighted by Gasteiger charge is -2.13. The van der Waals surface area contributed by atoms with Gasteiger partial charge in [0.1, 0.15) is 5.21 Å². The lowest BCUT2D eigenvalue weighted by molar-refractivity contribution is 0.334. The molecular formula is C8H17ClN2O2S. The number of halogens is 1. The van der Waals surface area contributed by atoms with Crippen molar-refractivity contribution < 1.29 is 8.42 Å². The fourth-order valence-corrected chi connectivity index (χ4v) is 2.34. The molecule has 0 aromatic carbocycles. The second-order valence-electron chi connectivity index (χ2n) is 3.52. The molecule has 0 aromatic heterocycles. The van der Waals surface area contributed by atoms with Crippen LogP contribution in [0.2, 0.25) is 0 Å². The Labute approximate surface area is 90.7 Å². The molecule has 1 aliphatic heterocycles. The molecule has 1 aliphatic rings. The Hall–Kier alpha value is 0.160. The van der Waals surface area contributed by atoms with Gasteiger partial charge >= 0.3 is 0 Å². The Morgan fingerprint density at radius 3 is 2.50 bits per heavy atom. The average Bonchev–Trinajstić information content (AvgIpc) is 2.65. The van der Waals surface area contributed by atoms with E-state index in [9.17, 15) is 8.42 Å². The Morgan fingerprint density at radius 2 is 1.93 bits per heavy atom. The maximum Gasteiger partial charge on any atom is 0.225 e. The zero-order valence-electron chi connectivity index (χ0n) is 8.21. The van der Waals surface area contributed by atoms with Crippen molar-refractivity contribution in [2.45, 2.75) is 19.3 Å². The first-order valence-electron chi connectivity index (χ1n) is 4.90. The zero-order chi connectivity index (χ0) is 10.4. The van der Waals surface area contributed by atoms with Crippen LogP contribution in [0.4, 0.5) is 0 Å². The SMILES string of the molecule is O=S(=O)(CCl)NCCCN1CCCC1. The summed E-state index contributed by atoms with van der Waals surface area (Å²) in [6.07, 6.45) is 3.40. The van der Waals surface area contributed by atoms with Crippen molar-refractivity contribution in [3.63, 3.8) is 0 Å². The molecule has 1 saturated heterocycles. The van der Waals surface area contributed by atoms with Gasteiger partial charge in [-0.3, -0.25) is 0 Å². The molecule has 0 aromatic rings. The molecule has 0 amide bonds. The number of rotatable bonds is 6. The van der Waals surface area contributed by atoms with Crippen molar-refractivity contribution in [2.24, 2.45) is 0 Å². The van der Waals surface area contributed by atoms with Crippen molar-refractivity contribution in [3.05, 3.63) is 0 Å². The van der Waals surface area contributed by atoms with E-state index in [1.54, 1.807) is 0 Å². The minimum absolute atomic E-state index is 0.350. The normalized spacial score (nSPS) is 18.9. The molecule has 0 unspecified atom stereocenters. The van der Waals surface area contributed by atoms with Crippen molar-refractivity contribution >= 4 is 21.6 Å². The van der Waals surface area contributed by atoms with Crippen LogP contribution in [0.5, 0.6) is 0 Å². The van der Waals surface area contributed by atoms with E-state index in [4.69, 9.17) is 11.6 Å². The molecule has 0 bridgehead atoms. The Kier molecular flexibility index (Phi) is 5.15. The second-order valence-corrected chi connectivity index (χ2v) is 5.91. The van der Waals surface area contributed by atoms with Gasteiger partial charge < -0.3 is 4.90 Å². The first-order valence-corrected chi connectivity index (χ1v) is 7.08. The van der Waals surface area contributed by atoms with Crippen LogP contribution in [-0.4, -0.2) is 44.7 Å². The number of hydrogen-bond donors (Lipinski definition) is 1. The minimum Gasteiger partial charge on any atom is -0.303 e. The standard InChI is InChI=1S/C8H17ClN2O2S/c9-8-14(12,13)10-4-3-7-11-5-1-2-6-11/h10H,1-8H2. The lowest BCUT2D eigenvalue weighted by atomic mass is 10.4. The number of sulfonamides is 1. The van der Waals surface area contributed by atoms with Gasteiger partial charge in [0, 0.05) is 6.54 Å². The average molecular weight is 241 g/mol. The van der Waals surface area contributed by atoms with E-state index in [1.165, 1.54) is 12.8 Å². The van der Waals surface area contributed by atoms with Crippen LogP contribution in [0.25, 0.3) is 0 Å². The van der Waals surface area contributed by atoms with E-state index in [0.717, 1.165) is 26.1 Å². The molecule has 4 nitrogen and oxygen atoms in total. The van der Waals surface area contributed by atoms with Crippen LogP contribution in [0.1, 0.15) is 19.3 Å². The molecule has 84 valence electrons. The third-order valence-corrected chi connectivity index (χ3v) is 4.11. The van der Waals surface area contributed by atoms with Gasteiger partial charge in [0.25, 0.3) is 0 Å². The number of likely N-dealkylation sites (tertiary alicyclic amines) is 1. The van der Waals surface area contributed by atoms with Crippen LogP contribution in [0.3, 0.4) is 0 Å². The highest BCUT2D eigenvalue weighted by Crippen LogP contribution is 2.06. The maximum absolute atomic E-state index is 10.9. The van der Waals surface area contributed by atoms with E-state index in [2.05, 4.69) is 9.62 Å². The van der Waals surface area contributed by atoms with Gasteiger partial charge in [0.15, 0.2) is 0 Å². The summed E-state index contributed by atoms with van der Waals surface area (Å²) < 4.78 is 24.3. The van der Waals surface area contributed by atoms with Gasteiger partial charge in [0.05, 0.1) is 0 Å². The highest BCUT2D eigenvalue weighted by atomic mass is 35.5. The predicted molar refractivity (Wildman–Crippen MR) is 57.9 cm³/mol. The summed E-state index contributed by atoms with van der Waals surface area (Å²) in [6, 6.07) is 0. The number of hydrogen-bond acceptors (Lipinski definition) is 3. The van der Waals surface area contributed by atoms with Crippen LogP contribution < -0.4 is 4.72 Å². The van der Waals surface area contributed by atoms with E-state index in [-0.39, 0.29) is 5.21 Å². The van der Waals surface area contributed by atoms with Crippen LogP contribution in [-0.2, 0) is 10.0 Å². The summed E-state index contributed by atoms with van der Waals surface area (Å²) in [5.74, 6) is 0. The van der Waals surface area contributed by atoms with E-state index < -0.39 is 10.0 Å². The van der Waals surface area contributed by atoms with Crippen molar-refractivity contribution in [1.29, 1.82) is 0 Å². The first kappa shape index (κ1) is 12.2. The fourth-order valence-electron chi connectivity index (χ4n) is 1.58. The summed E-state index contributed by atoms with van der Waals surface area (Å²) in [5, 5.41) is -0.350. The lowest BCUT2D eigenvalue weighted by Crippen LogP contribution is -2.29. The summed E-state index contributed by atoms with van der Waals surface area (Å²) >= 11 is 5.24. The second kappa shape index (κ2) is 5.90. The minimum atomic E-state index is -3.22. The van der Waals surface area contributed by atoms with Crippen molar-refractivity contribution in [3.8, 4) is 0 Å². The summed E-state index contributed by atoms with van der Waals surface area (Å²) in [4.78, 5) is 2.36. The van der Waals surface area contributed by atoms with Crippen LogP contribution >= 0.6 is 11.6 Å². The van der Waals surface area contributed by atoms with Crippen molar-refractivity contribution in [2.75, 3.05) is 31.4 Å². The highest BCUT2D eigenvalue weighted by Gasteiger charge is 2.11. The Morgan fingerprint density at radius 1 is 1.29 bits per heavy atom. The predicted octanol–water partition coefficient (Wildman–Crippen LogP) is 0.588. The van der Waals surface area contributed by atoms with Crippen molar-refractivity contribution in [1.82, 2.24) is 9.62 Å². The molecule has 6 heteroatoms. The maximum atomic E-state index is 10.9. The molecule has 0 saturated carbocycles. The van der Waals surface area contributed by atoms with E-state index in [1.807, 2.05) is 0 Å². The molecule has 1 fully saturated rings. The van der Waals surface area contributed by atoms with Crippen LogP contribution in [0.15, 0.2) is 0 Å². The van der Waals surface area contributed by atoms with Gasteiger partial charge in [-0.1, -0.05) is 0 Å². The fraction of sp³-hybridized carbons (Fsp3) is 1.00. The first-order chi connectivity index (χ1) is 6.64. The summed E-state index contributed by atoms with van der Waals surface area (Å²) in [6.45, 7) is 3.78. The Balaban J connectivity index is 2.04. The van der Waals surface area contributed by atoms with E-state index >= 15 is 0 Å². The largest absolute Gasteiger partial charge is 0.303 e. The number of nitrogens with zero attached hydrogens (tertiary/aromatic N) is 1. The third-order valence-electron chi connectivity index (χ3n) is 2.32. The van der Waals surface area contributed by atoms with Crippen LogP contribution in [0, 0.1) is 0 Å². The highest BCUT2D eigenvalue weighted by molar-refractivity contribution is 7.90. The molecule has 1 rings (SSSR count). The van der Waals surface area contributed by atoms with Gasteiger partial charge in [-0.05, 0) is 38.9 Å². The zero-order valence-corrected chi connectivity index (χ0v) is 9.78. The molecule has 0 aliphatic carbocycles. The summed E-state index contributed by atoms with van der Waals surface area (Å²) in [7, 11) is -3.22. The monoisotopic (exact) mass is 240 g/mol. The molecule has 1 heterocycles. The topological polar surface area (TPSA) is 49.4 Å². The Bertz CT molecular complexity index is 250. The van der Waals surface area contributed by atoms with E-state index in [0.29, 0.717) is 6.54 Å². The van der Waals surface area contributed by atoms with Gasteiger partial charge in [0.2, 0.25) is 10.0 Å². The molecule has 0 atom stereocenters. The molecule has 14 heavy (non-hydrogen) atoms. The molecular weight excluding hydrogens is 224 g/mol. The summed E-state index contributed by atoms with van der Waals surface area (Å²) in [5.41, 5.74) is 0. The van der Waals surface area contributed by atoms with Gasteiger partial charge in [-0.2, -0.15) is 0 Å². The third kappa shape index (κ3) is 4.59. The molecule has 0 radical (unpaired) electrons.